The minimum absolute atomic E-state index is 0.628. The number of hydrogen-bond acceptors (Lipinski definition) is 2. The van der Waals surface area contributed by atoms with Gasteiger partial charge in [-0.3, -0.25) is 0 Å². The zero-order valence-electron chi connectivity index (χ0n) is 8.64. The number of hydrogen-bond donors (Lipinski definition) is 0. The van der Waals surface area contributed by atoms with Gasteiger partial charge in [0.1, 0.15) is 3.70 Å². The first-order chi connectivity index (χ1) is 8.25. The Hall–Kier alpha value is -1.14. The Labute approximate surface area is 117 Å². The third-order valence-corrected chi connectivity index (χ3v) is 3.45. The lowest BCUT2D eigenvalue weighted by Crippen LogP contribution is -1.97. The molecule has 0 saturated carbocycles. The molecule has 0 aliphatic carbocycles. The second kappa shape index (κ2) is 4.27. The summed E-state index contributed by atoms with van der Waals surface area (Å²) >= 11 is 8.13. The van der Waals surface area contributed by atoms with Crippen molar-refractivity contribution in [1.82, 2.24) is 14.8 Å². The minimum atomic E-state index is 0.628. The Balaban J connectivity index is 2.32. The summed E-state index contributed by atoms with van der Waals surface area (Å²) in [6, 6.07) is 11.8. The molecule has 0 unspecified atom stereocenters. The third kappa shape index (κ3) is 1.91. The summed E-state index contributed by atoms with van der Waals surface area (Å²) in [5, 5.41) is 6.09. The van der Waals surface area contributed by atoms with Crippen molar-refractivity contribution in [3.8, 4) is 5.69 Å². The van der Waals surface area contributed by atoms with Gasteiger partial charge in [0.25, 0.3) is 0 Å². The maximum atomic E-state index is 5.94. The van der Waals surface area contributed by atoms with E-state index in [1.165, 1.54) is 0 Å². The second-order valence-electron chi connectivity index (χ2n) is 3.56. The van der Waals surface area contributed by atoms with Crippen LogP contribution in [0.5, 0.6) is 0 Å². The van der Waals surface area contributed by atoms with Crippen LogP contribution >= 0.6 is 34.2 Å². The predicted molar refractivity (Wildman–Crippen MR) is 76.6 cm³/mol. The fourth-order valence-corrected chi connectivity index (χ4v) is 2.46. The van der Waals surface area contributed by atoms with E-state index in [4.69, 9.17) is 11.6 Å². The van der Waals surface area contributed by atoms with Crippen LogP contribution in [0.25, 0.3) is 16.7 Å². The molecule has 2 heterocycles. The molecule has 3 nitrogen and oxygen atoms in total. The molecule has 0 saturated heterocycles. The van der Waals surface area contributed by atoms with Crippen molar-refractivity contribution in [1.29, 1.82) is 0 Å². The van der Waals surface area contributed by atoms with Gasteiger partial charge in [-0.15, -0.1) is 0 Å². The molecule has 17 heavy (non-hydrogen) atoms. The standard InChI is InChI=1S/C12H7ClIN3/c13-8-6-10-11(14)16-17(12(10)15-7-8)9-4-2-1-3-5-9/h1-7H. The number of halogens is 2. The molecule has 0 radical (unpaired) electrons. The number of fused-ring (bicyclic) bond motifs is 1. The molecular formula is C12H7ClIN3. The highest BCUT2D eigenvalue weighted by molar-refractivity contribution is 14.1. The van der Waals surface area contributed by atoms with E-state index in [1.807, 2.05) is 41.1 Å². The van der Waals surface area contributed by atoms with Crippen LogP contribution in [0, 0.1) is 3.70 Å². The lowest BCUT2D eigenvalue weighted by molar-refractivity contribution is 0.885. The average molecular weight is 356 g/mol. The quantitative estimate of drug-likeness (QED) is 0.624. The molecule has 3 aromatic rings. The molecule has 0 fully saturated rings. The molecule has 0 N–H and O–H groups in total. The summed E-state index contributed by atoms with van der Waals surface area (Å²) in [6.45, 7) is 0. The fraction of sp³-hybridized carbons (Fsp3) is 0. The number of para-hydroxylation sites is 1. The first-order valence-corrected chi connectivity index (χ1v) is 6.46. The summed E-state index contributed by atoms with van der Waals surface area (Å²) in [4.78, 5) is 4.34. The van der Waals surface area contributed by atoms with E-state index in [-0.39, 0.29) is 0 Å². The Bertz CT molecular complexity index is 679. The van der Waals surface area contributed by atoms with Crippen LogP contribution in [0.2, 0.25) is 5.02 Å². The average Bonchev–Trinajstić information content (AvgIpc) is 2.68. The van der Waals surface area contributed by atoms with Crippen LogP contribution in [0.4, 0.5) is 0 Å². The van der Waals surface area contributed by atoms with Crippen LogP contribution < -0.4 is 0 Å². The minimum Gasteiger partial charge on any atom is -0.235 e. The molecule has 1 aromatic carbocycles. The molecule has 0 spiro atoms. The number of aromatic nitrogens is 3. The lowest BCUT2D eigenvalue weighted by atomic mass is 10.3. The van der Waals surface area contributed by atoms with Crippen LogP contribution in [0.3, 0.4) is 0 Å². The molecule has 3 rings (SSSR count). The Morgan fingerprint density at radius 2 is 1.94 bits per heavy atom. The Morgan fingerprint density at radius 3 is 2.71 bits per heavy atom. The molecule has 2 aromatic heterocycles. The maximum absolute atomic E-state index is 5.94. The van der Waals surface area contributed by atoms with Gasteiger partial charge in [-0.25, -0.2) is 9.67 Å². The summed E-state index contributed by atoms with van der Waals surface area (Å²) in [5.74, 6) is 0. The summed E-state index contributed by atoms with van der Waals surface area (Å²) < 4.78 is 2.73. The molecule has 84 valence electrons. The summed E-state index contributed by atoms with van der Waals surface area (Å²) in [6.07, 6.45) is 1.64. The van der Waals surface area contributed by atoms with Gasteiger partial charge in [0.05, 0.1) is 16.1 Å². The molecular weight excluding hydrogens is 349 g/mol. The molecule has 0 atom stereocenters. The van der Waals surface area contributed by atoms with Crippen molar-refractivity contribution in [2.75, 3.05) is 0 Å². The Kier molecular flexibility index (Phi) is 2.76. The highest BCUT2D eigenvalue weighted by atomic mass is 127. The molecule has 5 heteroatoms. The topological polar surface area (TPSA) is 30.7 Å². The van der Waals surface area contributed by atoms with E-state index in [2.05, 4.69) is 32.7 Å². The van der Waals surface area contributed by atoms with Crippen LogP contribution in [-0.4, -0.2) is 14.8 Å². The largest absolute Gasteiger partial charge is 0.235 e. The highest BCUT2D eigenvalue weighted by Gasteiger charge is 2.11. The van der Waals surface area contributed by atoms with Gasteiger partial charge in [0, 0.05) is 6.20 Å². The Morgan fingerprint density at radius 1 is 1.18 bits per heavy atom. The number of nitrogens with zero attached hydrogens (tertiary/aromatic N) is 3. The first kappa shape index (κ1) is 11.0. The van der Waals surface area contributed by atoms with E-state index >= 15 is 0 Å². The fourth-order valence-electron chi connectivity index (χ4n) is 1.69. The summed E-state index contributed by atoms with van der Waals surface area (Å²) in [7, 11) is 0. The van der Waals surface area contributed by atoms with Gasteiger partial charge < -0.3 is 0 Å². The van der Waals surface area contributed by atoms with Gasteiger partial charge in [0.2, 0.25) is 0 Å². The molecule has 0 bridgehead atoms. The van der Waals surface area contributed by atoms with E-state index in [0.29, 0.717) is 5.02 Å². The van der Waals surface area contributed by atoms with Crippen molar-refractivity contribution in [3.05, 3.63) is 51.3 Å². The molecule has 0 aliphatic rings. The van der Waals surface area contributed by atoms with E-state index in [0.717, 1.165) is 20.4 Å². The van der Waals surface area contributed by atoms with Crippen LogP contribution in [0.15, 0.2) is 42.6 Å². The van der Waals surface area contributed by atoms with Crippen LogP contribution in [-0.2, 0) is 0 Å². The molecule has 0 aliphatic heterocycles. The van der Waals surface area contributed by atoms with Crippen molar-refractivity contribution in [3.63, 3.8) is 0 Å². The van der Waals surface area contributed by atoms with Gasteiger partial charge in [-0.05, 0) is 40.8 Å². The van der Waals surface area contributed by atoms with Crippen molar-refractivity contribution in [2.24, 2.45) is 0 Å². The van der Waals surface area contributed by atoms with Crippen LogP contribution in [0.1, 0.15) is 0 Å². The zero-order chi connectivity index (χ0) is 11.8. The highest BCUT2D eigenvalue weighted by Crippen LogP contribution is 2.24. The third-order valence-electron chi connectivity index (χ3n) is 2.44. The lowest BCUT2D eigenvalue weighted by Gasteiger charge is -2.01. The van der Waals surface area contributed by atoms with Crippen molar-refractivity contribution < 1.29 is 0 Å². The first-order valence-electron chi connectivity index (χ1n) is 5.01. The number of benzene rings is 1. The zero-order valence-corrected chi connectivity index (χ0v) is 11.6. The summed E-state index contributed by atoms with van der Waals surface area (Å²) in [5.41, 5.74) is 1.82. The normalized spacial score (nSPS) is 10.9. The van der Waals surface area contributed by atoms with Crippen molar-refractivity contribution in [2.45, 2.75) is 0 Å². The predicted octanol–water partition coefficient (Wildman–Crippen LogP) is 3.68. The maximum Gasteiger partial charge on any atom is 0.164 e. The van der Waals surface area contributed by atoms with Crippen molar-refractivity contribution >= 4 is 45.2 Å². The van der Waals surface area contributed by atoms with Gasteiger partial charge in [0.15, 0.2) is 5.65 Å². The van der Waals surface area contributed by atoms with Gasteiger partial charge in [-0.2, -0.15) is 5.10 Å². The van der Waals surface area contributed by atoms with E-state index in [1.54, 1.807) is 6.20 Å². The molecule has 0 amide bonds. The smallest absolute Gasteiger partial charge is 0.164 e. The number of pyridine rings is 1. The SMILES string of the molecule is Clc1cnc2c(c1)c(I)nn2-c1ccccc1. The second-order valence-corrected chi connectivity index (χ2v) is 5.02. The van der Waals surface area contributed by atoms with E-state index in [9.17, 15) is 0 Å². The number of rotatable bonds is 1. The van der Waals surface area contributed by atoms with Gasteiger partial charge in [-0.1, -0.05) is 29.8 Å². The monoisotopic (exact) mass is 355 g/mol. The van der Waals surface area contributed by atoms with Gasteiger partial charge >= 0.3 is 0 Å². The van der Waals surface area contributed by atoms with E-state index < -0.39 is 0 Å².